The van der Waals surface area contributed by atoms with Gasteiger partial charge in [0.1, 0.15) is 5.54 Å². The molecule has 0 aliphatic carbocycles. The van der Waals surface area contributed by atoms with Crippen LogP contribution < -0.4 is 5.32 Å². The minimum atomic E-state index is -1.24. The van der Waals surface area contributed by atoms with Crippen LogP contribution in [-0.4, -0.2) is 33.7 Å². The SMILES string of the molecule is Cc1cc(C(=O)CN2C(=O)NC(C)(c3ccc(Cl)cc3)C2=O)c(C)n1CCc1cccs1. The Morgan fingerprint density at radius 3 is 2.53 bits per heavy atom. The number of hydrogen-bond donors (Lipinski definition) is 1. The van der Waals surface area contributed by atoms with Crippen LogP contribution in [0.3, 0.4) is 0 Å². The number of carbonyl (C=O) groups excluding carboxylic acids is 3. The average Bonchev–Trinajstić information content (AvgIpc) is 3.42. The number of halogens is 1. The van der Waals surface area contributed by atoms with E-state index in [1.54, 1.807) is 42.5 Å². The van der Waals surface area contributed by atoms with Gasteiger partial charge in [0.25, 0.3) is 5.91 Å². The van der Waals surface area contributed by atoms with Crippen molar-refractivity contribution in [2.75, 3.05) is 6.54 Å². The molecule has 6 nitrogen and oxygen atoms in total. The smallest absolute Gasteiger partial charge is 0.325 e. The number of nitrogens with one attached hydrogen (secondary N) is 1. The molecule has 1 aromatic carbocycles. The summed E-state index contributed by atoms with van der Waals surface area (Å²) in [4.78, 5) is 41.1. The zero-order valence-electron chi connectivity index (χ0n) is 18.1. The normalized spacial score (nSPS) is 18.3. The molecule has 8 heteroatoms. The molecule has 1 aliphatic rings. The number of urea groups is 1. The topological polar surface area (TPSA) is 71.4 Å². The molecule has 1 unspecified atom stereocenters. The molecule has 0 bridgehead atoms. The number of hydrogen-bond acceptors (Lipinski definition) is 4. The Bertz CT molecular complexity index is 1180. The van der Waals surface area contributed by atoms with Crippen molar-refractivity contribution < 1.29 is 14.4 Å². The Morgan fingerprint density at radius 1 is 1.16 bits per heavy atom. The van der Waals surface area contributed by atoms with Gasteiger partial charge in [-0.1, -0.05) is 29.8 Å². The Balaban J connectivity index is 1.51. The van der Waals surface area contributed by atoms with Crippen LogP contribution in [0.4, 0.5) is 4.79 Å². The molecule has 0 spiro atoms. The second-order valence-electron chi connectivity index (χ2n) is 8.14. The Kier molecular flexibility index (Phi) is 5.97. The van der Waals surface area contributed by atoms with Crippen LogP contribution in [0, 0.1) is 13.8 Å². The maximum Gasteiger partial charge on any atom is 0.325 e. The van der Waals surface area contributed by atoms with Crippen LogP contribution in [-0.2, 0) is 23.3 Å². The molecule has 3 heterocycles. The van der Waals surface area contributed by atoms with E-state index in [2.05, 4.69) is 21.3 Å². The van der Waals surface area contributed by atoms with Crippen molar-refractivity contribution in [2.45, 2.75) is 39.3 Å². The fourth-order valence-electron chi connectivity index (χ4n) is 4.15. The maximum absolute atomic E-state index is 13.1. The van der Waals surface area contributed by atoms with Gasteiger partial charge in [0, 0.05) is 33.4 Å². The number of rotatable bonds is 7. The van der Waals surface area contributed by atoms with Crippen molar-refractivity contribution in [1.82, 2.24) is 14.8 Å². The zero-order valence-corrected chi connectivity index (χ0v) is 19.7. The van der Waals surface area contributed by atoms with Crippen molar-refractivity contribution in [2.24, 2.45) is 0 Å². The quantitative estimate of drug-likeness (QED) is 0.402. The van der Waals surface area contributed by atoms with Gasteiger partial charge in [0.2, 0.25) is 0 Å². The number of ketones is 1. The van der Waals surface area contributed by atoms with E-state index in [1.165, 1.54) is 4.88 Å². The van der Waals surface area contributed by atoms with E-state index in [1.807, 2.05) is 26.0 Å². The molecule has 1 aliphatic heterocycles. The number of benzene rings is 1. The zero-order chi connectivity index (χ0) is 23.0. The van der Waals surface area contributed by atoms with Crippen LogP contribution in [0.15, 0.2) is 47.8 Å². The number of amides is 3. The summed E-state index contributed by atoms with van der Waals surface area (Å²) in [5.41, 5.74) is 1.73. The van der Waals surface area contributed by atoms with Crippen molar-refractivity contribution in [3.63, 3.8) is 0 Å². The average molecular weight is 470 g/mol. The molecule has 1 fully saturated rings. The van der Waals surface area contributed by atoms with Crippen molar-refractivity contribution in [3.05, 3.63) is 80.3 Å². The molecule has 2 aromatic heterocycles. The van der Waals surface area contributed by atoms with Crippen molar-refractivity contribution in [1.29, 1.82) is 0 Å². The van der Waals surface area contributed by atoms with Crippen LogP contribution >= 0.6 is 22.9 Å². The molecule has 166 valence electrons. The molecule has 3 aromatic rings. The first kappa shape index (κ1) is 22.3. The summed E-state index contributed by atoms with van der Waals surface area (Å²) in [6.07, 6.45) is 0.883. The van der Waals surface area contributed by atoms with Gasteiger partial charge in [-0.05, 0) is 62.4 Å². The summed E-state index contributed by atoms with van der Waals surface area (Å²) in [7, 11) is 0. The summed E-state index contributed by atoms with van der Waals surface area (Å²) >= 11 is 7.66. The highest BCUT2D eigenvalue weighted by Crippen LogP contribution is 2.30. The Labute approximate surface area is 195 Å². The van der Waals surface area contributed by atoms with E-state index >= 15 is 0 Å². The van der Waals surface area contributed by atoms with Gasteiger partial charge in [-0.15, -0.1) is 11.3 Å². The van der Waals surface area contributed by atoms with Gasteiger partial charge in [-0.2, -0.15) is 0 Å². The molecule has 32 heavy (non-hydrogen) atoms. The summed E-state index contributed by atoms with van der Waals surface area (Å²) in [6.45, 7) is 5.96. The summed E-state index contributed by atoms with van der Waals surface area (Å²) in [5, 5.41) is 5.32. The number of nitrogens with zero attached hydrogens (tertiary/aromatic N) is 2. The largest absolute Gasteiger partial charge is 0.348 e. The van der Waals surface area contributed by atoms with Crippen molar-refractivity contribution >= 4 is 40.7 Å². The molecule has 0 saturated carbocycles. The number of carbonyl (C=O) groups is 3. The van der Waals surface area contributed by atoms with E-state index in [4.69, 9.17) is 11.6 Å². The first-order valence-corrected chi connectivity index (χ1v) is 11.6. The number of thiophene rings is 1. The van der Waals surface area contributed by atoms with Gasteiger partial charge >= 0.3 is 6.03 Å². The number of imide groups is 1. The van der Waals surface area contributed by atoms with E-state index in [0.29, 0.717) is 16.1 Å². The minimum Gasteiger partial charge on any atom is -0.348 e. The monoisotopic (exact) mass is 469 g/mol. The highest BCUT2D eigenvalue weighted by molar-refractivity contribution is 7.09. The van der Waals surface area contributed by atoms with Crippen molar-refractivity contribution in [3.8, 4) is 0 Å². The molecular formula is C24H24ClN3O3S. The Hall–Kier alpha value is -2.90. The molecule has 1 atom stereocenters. The predicted molar refractivity (Wildman–Crippen MR) is 125 cm³/mol. The van der Waals surface area contributed by atoms with Gasteiger partial charge in [-0.25, -0.2) is 4.79 Å². The van der Waals surface area contributed by atoms with E-state index < -0.39 is 17.5 Å². The highest BCUT2D eigenvalue weighted by Gasteiger charge is 2.49. The third-order valence-corrected chi connectivity index (χ3v) is 7.22. The molecule has 0 radical (unpaired) electrons. The number of aromatic nitrogens is 1. The van der Waals surface area contributed by atoms with Crippen LogP contribution in [0.1, 0.15) is 39.1 Å². The Morgan fingerprint density at radius 2 is 1.88 bits per heavy atom. The lowest BCUT2D eigenvalue weighted by Gasteiger charge is -2.22. The van der Waals surface area contributed by atoms with E-state index in [0.717, 1.165) is 29.3 Å². The molecule has 1 N–H and O–H groups in total. The first-order chi connectivity index (χ1) is 15.2. The molecule has 1 saturated heterocycles. The van der Waals surface area contributed by atoms with Gasteiger partial charge in [-0.3, -0.25) is 14.5 Å². The standard InChI is InChI=1S/C24H24ClN3O3S/c1-15-13-20(16(2)27(15)11-10-19-5-4-12-32-19)21(29)14-28-22(30)24(3,26-23(28)31)17-6-8-18(25)9-7-17/h4-9,12-13H,10-11,14H2,1-3H3,(H,26,31). The van der Waals surface area contributed by atoms with Gasteiger partial charge in [0.15, 0.2) is 5.78 Å². The van der Waals surface area contributed by atoms with Crippen LogP contribution in [0.2, 0.25) is 5.02 Å². The fourth-order valence-corrected chi connectivity index (χ4v) is 4.98. The van der Waals surface area contributed by atoms with Gasteiger partial charge in [0.05, 0.1) is 6.54 Å². The third kappa shape index (κ3) is 3.98. The van der Waals surface area contributed by atoms with Gasteiger partial charge < -0.3 is 9.88 Å². The minimum absolute atomic E-state index is 0.260. The lowest BCUT2D eigenvalue weighted by molar-refractivity contribution is -0.130. The molecule has 4 rings (SSSR count). The van der Waals surface area contributed by atoms with Crippen LogP contribution in [0.5, 0.6) is 0 Å². The second-order valence-corrected chi connectivity index (χ2v) is 9.61. The lowest BCUT2D eigenvalue weighted by atomic mass is 9.92. The molecule has 3 amide bonds. The van der Waals surface area contributed by atoms with Crippen LogP contribution in [0.25, 0.3) is 0 Å². The second kappa shape index (κ2) is 8.56. The molecular weight excluding hydrogens is 446 g/mol. The van der Waals surface area contributed by atoms with E-state index in [-0.39, 0.29) is 12.3 Å². The summed E-state index contributed by atoms with van der Waals surface area (Å²) in [5.74, 6) is -0.714. The summed E-state index contributed by atoms with van der Waals surface area (Å²) in [6, 6.07) is 12.1. The predicted octanol–water partition coefficient (Wildman–Crippen LogP) is 4.71. The lowest BCUT2D eigenvalue weighted by Crippen LogP contribution is -2.41. The number of Topliss-reactive ketones (excluding diaryl/α,β-unsaturated/α-hetero) is 1. The number of aryl methyl sites for hydroxylation is 2. The first-order valence-electron chi connectivity index (χ1n) is 10.3. The summed E-state index contributed by atoms with van der Waals surface area (Å²) < 4.78 is 2.11. The fraction of sp³-hybridized carbons (Fsp3) is 0.292. The van der Waals surface area contributed by atoms with E-state index in [9.17, 15) is 14.4 Å². The maximum atomic E-state index is 13.1. The third-order valence-electron chi connectivity index (χ3n) is 6.03. The highest BCUT2D eigenvalue weighted by atomic mass is 35.5.